The van der Waals surface area contributed by atoms with E-state index in [1.165, 1.54) is 5.56 Å². The van der Waals surface area contributed by atoms with E-state index in [1.807, 2.05) is 25.1 Å². The molecule has 0 aliphatic carbocycles. The first-order valence-corrected chi connectivity index (χ1v) is 6.24. The average Bonchev–Trinajstić information content (AvgIpc) is 2.33. The topological polar surface area (TPSA) is 44.2 Å². The molecule has 0 aliphatic rings. The predicted octanol–water partition coefficient (Wildman–Crippen LogP) is 3.69. The molecule has 2 aromatic rings. The van der Waals surface area contributed by atoms with Crippen molar-refractivity contribution in [3.05, 3.63) is 46.4 Å². The van der Waals surface area contributed by atoms with Crippen LogP contribution < -0.4 is 4.74 Å². The summed E-state index contributed by atoms with van der Waals surface area (Å²) in [6, 6.07) is 7.44. The van der Waals surface area contributed by atoms with Crippen LogP contribution in [0.1, 0.15) is 17.0 Å². The third-order valence-electron chi connectivity index (χ3n) is 2.69. The van der Waals surface area contributed by atoms with Gasteiger partial charge in [-0.1, -0.05) is 17.7 Å². The molecule has 1 aromatic carbocycles. The van der Waals surface area contributed by atoms with Gasteiger partial charge in [-0.3, -0.25) is 0 Å². The van der Waals surface area contributed by atoms with Crippen LogP contribution >= 0.6 is 11.6 Å². The molecule has 0 radical (unpaired) electrons. The summed E-state index contributed by atoms with van der Waals surface area (Å²) < 4.78 is 10.7. The number of ether oxygens (including phenoxy) is 2. The Morgan fingerprint density at radius 2 is 1.89 bits per heavy atom. The van der Waals surface area contributed by atoms with Crippen molar-refractivity contribution in [2.75, 3.05) is 7.11 Å². The molecule has 100 valence electrons. The molecule has 0 saturated heterocycles. The Morgan fingerprint density at radius 3 is 2.58 bits per heavy atom. The van der Waals surface area contributed by atoms with Crippen molar-refractivity contribution in [1.29, 1.82) is 0 Å². The molecule has 0 spiro atoms. The minimum atomic E-state index is 0.295. The summed E-state index contributed by atoms with van der Waals surface area (Å²) in [7, 11) is 1.58. The van der Waals surface area contributed by atoms with E-state index in [2.05, 4.69) is 16.9 Å². The molecule has 0 saturated carbocycles. The number of hydrogen-bond donors (Lipinski definition) is 0. The lowest BCUT2D eigenvalue weighted by molar-refractivity contribution is 0.177. The van der Waals surface area contributed by atoms with E-state index in [-0.39, 0.29) is 0 Å². The summed E-state index contributed by atoms with van der Waals surface area (Å²) >= 11 is 5.92. The number of benzene rings is 1. The highest BCUT2D eigenvalue weighted by Crippen LogP contribution is 2.23. The molecule has 0 amide bonds. The van der Waals surface area contributed by atoms with E-state index in [1.54, 1.807) is 13.2 Å². The van der Waals surface area contributed by atoms with Crippen LogP contribution in [0.15, 0.2) is 24.3 Å². The molecule has 4 nitrogen and oxygen atoms in total. The van der Waals surface area contributed by atoms with Crippen LogP contribution in [0, 0.1) is 13.8 Å². The van der Waals surface area contributed by atoms with Gasteiger partial charge in [-0.2, -0.15) is 4.98 Å². The van der Waals surface area contributed by atoms with E-state index < -0.39 is 0 Å². The average molecular weight is 279 g/mol. The standard InChI is InChI=1S/C14H15ClN2O2/c1-9-4-5-11(6-10(9)2)19-14-7-12(15)16-13(17-14)8-18-3/h4-7H,8H2,1-3H3. The number of aryl methyl sites for hydroxylation is 2. The van der Waals surface area contributed by atoms with Crippen molar-refractivity contribution in [3.8, 4) is 11.6 Å². The fraction of sp³-hybridized carbons (Fsp3) is 0.286. The van der Waals surface area contributed by atoms with Gasteiger partial charge >= 0.3 is 0 Å². The Balaban J connectivity index is 2.24. The van der Waals surface area contributed by atoms with Crippen LogP contribution in [0.5, 0.6) is 11.6 Å². The summed E-state index contributed by atoms with van der Waals surface area (Å²) in [4.78, 5) is 8.27. The van der Waals surface area contributed by atoms with Crippen molar-refractivity contribution in [3.63, 3.8) is 0 Å². The van der Waals surface area contributed by atoms with Gasteiger partial charge in [0.1, 0.15) is 17.5 Å². The van der Waals surface area contributed by atoms with Crippen LogP contribution in [0.25, 0.3) is 0 Å². The van der Waals surface area contributed by atoms with E-state index in [0.717, 1.165) is 11.3 Å². The minimum absolute atomic E-state index is 0.295. The molecule has 0 fully saturated rings. The highest BCUT2D eigenvalue weighted by Gasteiger charge is 2.06. The molecule has 1 heterocycles. The Labute approximate surface area is 117 Å². The highest BCUT2D eigenvalue weighted by molar-refractivity contribution is 6.29. The first-order valence-electron chi connectivity index (χ1n) is 5.86. The smallest absolute Gasteiger partial charge is 0.224 e. The van der Waals surface area contributed by atoms with Gasteiger partial charge in [-0.25, -0.2) is 4.98 Å². The normalized spacial score (nSPS) is 10.5. The van der Waals surface area contributed by atoms with Gasteiger partial charge in [0.05, 0.1) is 0 Å². The van der Waals surface area contributed by atoms with Crippen molar-refractivity contribution in [1.82, 2.24) is 9.97 Å². The third kappa shape index (κ3) is 3.66. The monoisotopic (exact) mass is 278 g/mol. The maximum absolute atomic E-state index is 5.92. The summed E-state index contributed by atoms with van der Waals surface area (Å²) in [6.07, 6.45) is 0. The molecule has 19 heavy (non-hydrogen) atoms. The Bertz CT molecular complexity index is 588. The molecule has 0 aliphatic heterocycles. The molecular formula is C14H15ClN2O2. The van der Waals surface area contributed by atoms with E-state index in [4.69, 9.17) is 21.1 Å². The SMILES string of the molecule is COCc1nc(Cl)cc(Oc2ccc(C)c(C)c2)n1. The molecule has 5 heteroatoms. The predicted molar refractivity (Wildman–Crippen MR) is 73.7 cm³/mol. The molecule has 2 rings (SSSR count). The second-order valence-corrected chi connectivity index (χ2v) is 4.61. The van der Waals surface area contributed by atoms with Crippen molar-refractivity contribution < 1.29 is 9.47 Å². The number of hydrogen-bond acceptors (Lipinski definition) is 4. The highest BCUT2D eigenvalue weighted by atomic mass is 35.5. The lowest BCUT2D eigenvalue weighted by atomic mass is 10.1. The zero-order chi connectivity index (χ0) is 13.8. The van der Waals surface area contributed by atoms with Crippen molar-refractivity contribution >= 4 is 11.6 Å². The first-order chi connectivity index (χ1) is 9.08. The zero-order valence-corrected chi connectivity index (χ0v) is 11.9. The Morgan fingerprint density at radius 1 is 1.11 bits per heavy atom. The number of halogens is 1. The first kappa shape index (κ1) is 13.8. The zero-order valence-electron chi connectivity index (χ0n) is 11.1. The fourth-order valence-corrected chi connectivity index (χ4v) is 1.78. The van der Waals surface area contributed by atoms with Gasteiger partial charge < -0.3 is 9.47 Å². The largest absolute Gasteiger partial charge is 0.439 e. The number of nitrogens with zero attached hydrogens (tertiary/aromatic N) is 2. The van der Waals surface area contributed by atoms with Gasteiger partial charge in [-0.05, 0) is 37.1 Å². The van der Waals surface area contributed by atoms with Crippen LogP contribution in [-0.4, -0.2) is 17.1 Å². The number of aromatic nitrogens is 2. The number of rotatable bonds is 4. The van der Waals surface area contributed by atoms with Gasteiger partial charge in [0, 0.05) is 13.2 Å². The quantitative estimate of drug-likeness (QED) is 0.800. The second-order valence-electron chi connectivity index (χ2n) is 4.23. The Hall–Kier alpha value is -1.65. The van der Waals surface area contributed by atoms with Gasteiger partial charge in [0.2, 0.25) is 5.88 Å². The van der Waals surface area contributed by atoms with E-state index in [9.17, 15) is 0 Å². The second kappa shape index (κ2) is 5.99. The van der Waals surface area contributed by atoms with E-state index in [0.29, 0.717) is 23.5 Å². The molecule has 0 atom stereocenters. The lowest BCUT2D eigenvalue weighted by Gasteiger charge is -2.08. The van der Waals surface area contributed by atoms with Gasteiger partial charge in [0.15, 0.2) is 5.82 Å². The third-order valence-corrected chi connectivity index (χ3v) is 2.89. The summed E-state index contributed by atoms with van der Waals surface area (Å²) in [5.41, 5.74) is 2.38. The molecular weight excluding hydrogens is 264 g/mol. The maximum atomic E-state index is 5.92. The lowest BCUT2D eigenvalue weighted by Crippen LogP contribution is -1.99. The number of methoxy groups -OCH3 is 1. The summed E-state index contributed by atoms with van der Waals surface area (Å²) in [5, 5.41) is 0.334. The molecule has 1 aromatic heterocycles. The van der Waals surface area contributed by atoms with Crippen molar-refractivity contribution in [2.24, 2.45) is 0 Å². The van der Waals surface area contributed by atoms with Crippen LogP contribution in [0.3, 0.4) is 0 Å². The molecule has 0 N–H and O–H groups in total. The van der Waals surface area contributed by atoms with Gasteiger partial charge in [0.25, 0.3) is 0 Å². The molecule has 0 bridgehead atoms. The fourth-order valence-electron chi connectivity index (χ4n) is 1.59. The van der Waals surface area contributed by atoms with Gasteiger partial charge in [-0.15, -0.1) is 0 Å². The van der Waals surface area contributed by atoms with Crippen molar-refractivity contribution in [2.45, 2.75) is 20.5 Å². The van der Waals surface area contributed by atoms with Crippen LogP contribution in [0.2, 0.25) is 5.15 Å². The minimum Gasteiger partial charge on any atom is -0.439 e. The summed E-state index contributed by atoms with van der Waals surface area (Å²) in [5.74, 6) is 1.63. The summed E-state index contributed by atoms with van der Waals surface area (Å²) in [6.45, 7) is 4.38. The molecule has 0 unspecified atom stereocenters. The van der Waals surface area contributed by atoms with E-state index >= 15 is 0 Å². The van der Waals surface area contributed by atoms with Crippen LogP contribution in [0.4, 0.5) is 0 Å². The Kier molecular flexibility index (Phi) is 4.35. The maximum Gasteiger partial charge on any atom is 0.224 e. The van der Waals surface area contributed by atoms with Crippen LogP contribution in [-0.2, 0) is 11.3 Å².